The van der Waals surface area contributed by atoms with E-state index >= 15 is 0 Å². The van der Waals surface area contributed by atoms with Crippen LogP contribution in [0.25, 0.3) is 11.1 Å². The van der Waals surface area contributed by atoms with Gasteiger partial charge in [-0.3, -0.25) is 14.6 Å². The molecule has 2 heterocycles. The lowest BCUT2D eigenvalue weighted by atomic mass is 9.96. The van der Waals surface area contributed by atoms with Crippen molar-refractivity contribution >= 4 is 29.2 Å². The number of nitrogens with two attached hydrogens (primary N) is 1. The van der Waals surface area contributed by atoms with Crippen LogP contribution < -0.4 is 16.4 Å². The number of carbonyl (C=O) groups excluding carboxylic acids is 3. The molecule has 0 saturated carbocycles. The number of rotatable bonds is 8. The Morgan fingerprint density at radius 1 is 1.06 bits per heavy atom. The van der Waals surface area contributed by atoms with Gasteiger partial charge in [0.1, 0.15) is 6.61 Å². The average molecular weight is 460 g/mol. The predicted octanol–water partition coefficient (Wildman–Crippen LogP) is 2.73. The number of aromatic nitrogens is 1. The van der Waals surface area contributed by atoms with Gasteiger partial charge in [0, 0.05) is 42.3 Å². The maximum atomic E-state index is 12.7. The summed E-state index contributed by atoms with van der Waals surface area (Å²) >= 11 is 0. The number of anilines is 2. The number of pyridine rings is 1. The smallest absolute Gasteiger partial charge is 0.335 e. The van der Waals surface area contributed by atoms with Crippen LogP contribution >= 0.6 is 0 Å². The number of ether oxygens (including phenoxy) is 2. The minimum absolute atomic E-state index is 0.261. The van der Waals surface area contributed by atoms with Gasteiger partial charge in [-0.15, -0.1) is 0 Å². The molecular weight excluding hydrogens is 436 g/mol. The summed E-state index contributed by atoms with van der Waals surface area (Å²) in [5.41, 5.74) is 10.0. The van der Waals surface area contributed by atoms with E-state index in [1.807, 2.05) is 12.1 Å². The van der Waals surface area contributed by atoms with Gasteiger partial charge in [0.2, 0.25) is 5.91 Å². The third-order valence-electron chi connectivity index (χ3n) is 5.29. The van der Waals surface area contributed by atoms with Gasteiger partial charge in [0.15, 0.2) is 6.10 Å². The molecule has 1 atom stereocenters. The molecule has 0 aliphatic carbocycles. The summed E-state index contributed by atoms with van der Waals surface area (Å²) in [7, 11) is 0. The maximum absolute atomic E-state index is 12.7. The number of amides is 2. The number of nitrogens with one attached hydrogen (secondary N) is 2. The van der Waals surface area contributed by atoms with E-state index in [-0.39, 0.29) is 25.0 Å². The number of nitrogens with zero attached hydrogens (tertiary/aromatic N) is 1. The third-order valence-corrected chi connectivity index (χ3v) is 5.29. The van der Waals surface area contributed by atoms with E-state index in [2.05, 4.69) is 15.6 Å². The largest absolute Gasteiger partial charge is 0.464 e. The summed E-state index contributed by atoms with van der Waals surface area (Å²) in [6, 6.07) is 15.9. The molecule has 1 saturated heterocycles. The van der Waals surface area contributed by atoms with Crippen LogP contribution in [0.15, 0.2) is 67.0 Å². The second-order valence-corrected chi connectivity index (χ2v) is 7.65. The molecule has 1 aliphatic heterocycles. The van der Waals surface area contributed by atoms with Gasteiger partial charge in [-0.2, -0.15) is 0 Å². The first-order chi connectivity index (χ1) is 16.5. The van der Waals surface area contributed by atoms with E-state index in [0.717, 1.165) is 16.7 Å². The van der Waals surface area contributed by atoms with E-state index in [1.165, 1.54) is 0 Å². The van der Waals surface area contributed by atoms with E-state index in [9.17, 15) is 14.4 Å². The summed E-state index contributed by atoms with van der Waals surface area (Å²) in [6.07, 6.45) is 2.94. The highest BCUT2D eigenvalue weighted by Gasteiger charge is 2.27. The lowest BCUT2D eigenvalue weighted by molar-refractivity contribution is -0.148. The molecule has 174 valence electrons. The van der Waals surface area contributed by atoms with Crippen LogP contribution in [0.3, 0.4) is 0 Å². The second kappa shape index (κ2) is 10.7. The Kier molecular flexibility index (Phi) is 7.26. The highest BCUT2D eigenvalue weighted by atomic mass is 16.6. The van der Waals surface area contributed by atoms with E-state index in [4.69, 9.17) is 15.2 Å². The van der Waals surface area contributed by atoms with Gasteiger partial charge in [-0.05, 0) is 53.1 Å². The van der Waals surface area contributed by atoms with Crippen LogP contribution in [-0.4, -0.2) is 42.1 Å². The van der Waals surface area contributed by atoms with Crippen molar-refractivity contribution in [2.24, 2.45) is 5.73 Å². The Bertz CT molecular complexity index is 1200. The molecular formula is C25H24N4O5. The summed E-state index contributed by atoms with van der Waals surface area (Å²) in [6.45, 7) is 0.322. The Balaban J connectivity index is 1.49. The zero-order chi connectivity index (χ0) is 23.9. The molecule has 0 bridgehead atoms. The first kappa shape index (κ1) is 23.1. The molecule has 0 radical (unpaired) electrons. The summed E-state index contributed by atoms with van der Waals surface area (Å²) in [5.74, 6) is -1.10. The zero-order valence-electron chi connectivity index (χ0n) is 18.3. The van der Waals surface area contributed by atoms with Crippen LogP contribution in [0.2, 0.25) is 0 Å². The van der Waals surface area contributed by atoms with Crippen LogP contribution in [0.1, 0.15) is 22.3 Å². The molecule has 2 amide bonds. The SMILES string of the molecule is NCc1ccc(C(=O)Nc2ccncc2)cc1-c1cccc(NC(=O)COC2CCOC2=O)c1. The lowest BCUT2D eigenvalue weighted by Gasteiger charge is -2.13. The quantitative estimate of drug-likeness (QED) is 0.440. The number of hydrogen-bond donors (Lipinski definition) is 3. The summed E-state index contributed by atoms with van der Waals surface area (Å²) < 4.78 is 10.2. The highest BCUT2D eigenvalue weighted by molar-refractivity contribution is 6.05. The summed E-state index contributed by atoms with van der Waals surface area (Å²) in [5, 5.41) is 5.60. The van der Waals surface area contributed by atoms with Crippen molar-refractivity contribution in [1.82, 2.24) is 4.98 Å². The molecule has 0 spiro atoms. The second-order valence-electron chi connectivity index (χ2n) is 7.65. The third kappa shape index (κ3) is 5.64. The Hall–Kier alpha value is -4.08. The van der Waals surface area contributed by atoms with Gasteiger partial charge >= 0.3 is 5.97 Å². The molecule has 4 rings (SSSR count). The van der Waals surface area contributed by atoms with Crippen molar-refractivity contribution in [1.29, 1.82) is 0 Å². The van der Waals surface area contributed by atoms with Gasteiger partial charge in [0.25, 0.3) is 5.91 Å². The first-order valence-electron chi connectivity index (χ1n) is 10.8. The number of hydrogen-bond acceptors (Lipinski definition) is 7. The first-order valence-corrected chi connectivity index (χ1v) is 10.8. The minimum atomic E-state index is -0.703. The number of esters is 1. The van der Waals surface area contributed by atoms with Gasteiger partial charge < -0.3 is 25.8 Å². The van der Waals surface area contributed by atoms with E-state index in [1.54, 1.807) is 54.9 Å². The van der Waals surface area contributed by atoms with Crippen molar-refractivity contribution in [3.63, 3.8) is 0 Å². The van der Waals surface area contributed by atoms with Crippen molar-refractivity contribution in [3.8, 4) is 11.1 Å². The standard InChI is InChI=1S/C25H24N4O5/c26-14-18-5-4-17(24(31)29-19-6-9-27-10-7-19)13-21(18)16-2-1-3-20(12-16)28-23(30)15-34-22-8-11-33-25(22)32/h1-7,9-10,12-13,22H,8,11,14-15,26H2,(H,28,30)(H,27,29,31). The summed E-state index contributed by atoms with van der Waals surface area (Å²) in [4.78, 5) is 40.5. The van der Waals surface area contributed by atoms with Crippen molar-refractivity contribution in [2.45, 2.75) is 19.1 Å². The molecule has 1 aromatic heterocycles. The Labute approximate surface area is 196 Å². The van der Waals surface area contributed by atoms with Crippen LogP contribution in [-0.2, 0) is 25.6 Å². The minimum Gasteiger partial charge on any atom is -0.464 e. The molecule has 1 unspecified atom stereocenters. The Morgan fingerprint density at radius 3 is 2.62 bits per heavy atom. The molecule has 1 fully saturated rings. The fourth-order valence-corrected chi connectivity index (χ4v) is 3.57. The monoisotopic (exact) mass is 460 g/mol. The van der Waals surface area contributed by atoms with Gasteiger partial charge in [0.05, 0.1) is 6.61 Å². The predicted molar refractivity (Wildman–Crippen MR) is 126 cm³/mol. The van der Waals surface area contributed by atoms with E-state index < -0.39 is 12.1 Å². The fraction of sp³-hybridized carbons (Fsp3) is 0.200. The molecule has 9 nitrogen and oxygen atoms in total. The zero-order valence-corrected chi connectivity index (χ0v) is 18.3. The molecule has 3 aromatic rings. The van der Waals surface area contributed by atoms with E-state index in [0.29, 0.717) is 30.0 Å². The number of cyclic esters (lactones) is 1. The molecule has 9 heteroatoms. The molecule has 34 heavy (non-hydrogen) atoms. The van der Waals surface area contributed by atoms with Gasteiger partial charge in [-0.1, -0.05) is 18.2 Å². The van der Waals surface area contributed by atoms with Crippen molar-refractivity contribution in [3.05, 3.63) is 78.1 Å². The van der Waals surface area contributed by atoms with Gasteiger partial charge in [-0.25, -0.2) is 4.79 Å². The lowest BCUT2D eigenvalue weighted by Crippen LogP contribution is -2.25. The van der Waals surface area contributed by atoms with Crippen molar-refractivity contribution in [2.75, 3.05) is 23.8 Å². The molecule has 2 aromatic carbocycles. The van der Waals surface area contributed by atoms with Crippen LogP contribution in [0.4, 0.5) is 11.4 Å². The fourth-order valence-electron chi connectivity index (χ4n) is 3.57. The molecule has 4 N–H and O–H groups in total. The topological polar surface area (TPSA) is 133 Å². The number of carbonyl (C=O) groups is 3. The average Bonchev–Trinajstić information content (AvgIpc) is 3.27. The highest BCUT2D eigenvalue weighted by Crippen LogP contribution is 2.28. The maximum Gasteiger partial charge on any atom is 0.335 e. The Morgan fingerprint density at radius 2 is 1.88 bits per heavy atom. The number of benzene rings is 2. The van der Waals surface area contributed by atoms with Crippen molar-refractivity contribution < 1.29 is 23.9 Å². The normalized spacial score (nSPS) is 15.0. The molecule has 1 aliphatic rings. The van der Waals surface area contributed by atoms with Crippen LogP contribution in [0, 0.1) is 0 Å². The van der Waals surface area contributed by atoms with Crippen LogP contribution in [0.5, 0.6) is 0 Å².